The molecule has 98 valence electrons. The predicted molar refractivity (Wildman–Crippen MR) is 68.1 cm³/mol. The van der Waals surface area contributed by atoms with Crippen LogP contribution >= 0.6 is 11.6 Å². The summed E-state index contributed by atoms with van der Waals surface area (Å²) in [5, 5.41) is 0.224. The number of hydrogen-bond acceptors (Lipinski definition) is 2. The van der Waals surface area contributed by atoms with Crippen molar-refractivity contribution in [1.82, 2.24) is 4.90 Å². The van der Waals surface area contributed by atoms with Gasteiger partial charge in [0.05, 0.1) is 18.6 Å². The van der Waals surface area contributed by atoms with Crippen molar-refractivity contribution in [3.8, 4) is 0 Å². The molecule has 17 heavy (non-hydrogen) atoms. The molecule has 0 radical (unpaired) electrons. The van der Waals surface area contributed by atoms with Crippen molar-refractivity contribution in [2.24, 2.45) is 11.8 Å². The molecule has 2 fully saturated rings. The summed E-state index contributed by atoms with van der Waals surface area (Å²) >= 11 is 6.11. The molecule has 3 nitrogen and oxygen atoms in total. The van der Waals surface area contributed by atoms with Gasteiger partial charge >= 0.3 is 0 Å². The molecule has 0 N–H and O–H groups in total. The fourth-order valence-corrected chi connectivity index (χ4v) is 3.08. The molecule has 0 aromatic heterocycles. The maximum atomic E-state index is 12.2. The van der Waals surface area contributed by atoms with Crippen LogP contribution in [0.25, 0.3) is 0 Å². The number of nitrogens with zero attached hydrogens (tertiary/aromatic N) is 1. The summed E-state index contributed by atoms with van der Waals surface area (Å²) in [5.41, 5.74) is 0. The molecule has 0 spiro atoms. The van der Waals surface area contributed by atoms with Crippen LogP contribution in [0.3, 0.4) is 0 Å². The number of hydrogen-bond donors (Lipinski definition) is 0. The normalized spacial score (nSPS) is 32.8. The fourth-order valence-electron chi connectivity index (χ4n) is 2.83. The lowest BCUT2D eigenvalue weighted by atomic mass is 9.93. The Labute approximate surface area is 108 Å². The average molecular weight is 260 g/mol. The first-order chi connectivity index (χ1) is 8.08. The van der Waals surface area contributed by atoms with E-state index in [1.165, 1.54) is 0 Å². The van der Waals surface area contributed by atoms with Crippen molar-refractivity contribution in [2.45, 2.75) is 44.6 Å². The molecular weight excluding hydrogens is 238 g/mol. The number of carbonyl (C=O) groups is 1. The molecule has 0 aromatic carbocycles. The van der Waals surface area contributed by atoms with Crippen molar-refractivity contribution >= 4 is 17.5 Å². The molecule has 4 heteroatoms. The molecule has 2 saturated heterocycles. The molecule has 2 aliphatic rings. The summed E-state index contributed by atoms with van der Waals surface area (Å²) in [6.07, 6.45) is 3.20. The van der Waals surface area contributed by atoms with Gasteiger partial charge < -0.3 is 9.64 Å². The number of piperidine rings is 1. The van der Waals surface area contributed by atoms with Gasteiger partial charge in [0, 0.05) is 18.5 Å². The summed E-state index contributed by atoms with van der Waals surface area (Å²) in [7, 11) is 0. The average Bonchev–Trinajstić information content (AvgIpc) is 2.75. The Balaban J connectivity index is 1.82. The minimum Gasteiger partial charge on any atom is -0.378 e. The lowest BCUT2D eigenvalue weighted by Crippen LogP contribution is -2.43. The first kappa shape index (κ1) is 13.2. The third-order valence-corrected chi connectivity index (χ3v) is 4.40. The lowest BCUT2D eigenvalue weighted by molar-refractivity contribution is -0.136. The summed E-state index contributed by atoms with van der Waals surface area (Å²) in [6.45, 7) is 6.42. The van der Waals surface area contributed by atoms with E-state index in [1.54, 1.807) is 0 Å². The molecular formula is C13H22ClNO2. The number of likely N-dealkylation sites (tertiary alicyclic amines) is 1. The maximum Gasteiger partial charge on any atom is 0.228 e. The zero-order valence-corrected chi connectivity index (χ0v) is 11.4. The van der Waals surface area contributed by atoms with E-state index < -0.39 is 0 Å². The van der Waals surface area contributed by atoms with E-state index >= 15 is 0 Å². The third-order valence-electron chi connectivity index (χ3n) is 4.05. The van der Waals surface area contributed by atoms with Gasteiger partial charge in [0.1, 0.15) is 0 Å². The van der Waals surface area contributed by atoms with Crippen LogP contribution < -0.4 is 0 Å². The number of halogens is 1. The van der Waals surface area contributed by atoms with E-state index in [0.29, 0.717) is 12.5 Å². The number of ether oxygens (including phenoxy) is 1. The Morgan fingerprint density at radius 2 is 2.06 bits per heavy atom. The van der Waals surface area contributed by atoms with Gasteiger partial charge in [-0.15, -0.1) is 11.6 Å². The van der Waals surface area contributed by atoms with E-state index in [0.717, 1.165) is 32.4 Å². The van der Waals surface area contributed by atoms with Crippen molar-refractivity contribution < 1.29 is 9.53 Å². The Bertz CT molecular complexity index is 275. The molecule has 2 aliphatic heterocycles. The molecule has 2 rings (SSSR count). The first-order valence-electron chi connectivity index (χ1n) is 6.62. The van der Waals surface area contributed by atoms with E-state index in [4.69, 9.17) is 16.3 Å². The zero-order valence-electron chi connectivity index (χ0n) is 10.7. The molecule has 3 unspecified atom stereocenters. The Hall–Kier alpha value is -0.280. The smallest absolute Gasteiger partial charge is 0.228 e. The largest absolute Gasteiger partial charge is 0.378 e. The minimum atomic E-state index is 0.0926. The molecule has 0 bridgehead atoms. The van der Waals surface area contributed by atoms with Crippen LogP contribution in [0, 0.1) is 11.8 Å². The van der Waals surface area contributed by atoms with Gasteiger partial charge in [0.25, 0.3) is 0 Å². The molecule has 0 aliphatic carbocycles. The second kappa shape index (κ2) is 5.57. The van der Waals surface area contributed by atoms with Crippen LogP contribution in [-0.2, 0) is 9.53 Å². The minimum absolute atomic E-state index is 0.0926. The van der Waals surface area contributed by atoms with Gasteiger partial charge in [0.2, 0.25) is 5.91 Å². The van der Waals surface area contributed by atoms with Crippen molar-refractivity contribution in [3.05, 3.63) is 0 Å². The van der Waals surface area contributed by atoms with Crippen LogP contribution in [0.1, 0.15) is 33.1 Å². The molecule has 3 atom stereocenters. The predicted octanol–water partition coefficient (Wildman–Crippen LogP) is 2.28. The quantitative estimate of drug-likeness (QED) is 0.712. The highest BCUT2D eigenvalue weighted by molar-refractivity contribution is 6.20. The summed E-state index contributed by atoms with van der Waals surface area (Å²) in [4.78, 5) is 14.2. The van der Waals surface area contributed by atoms with Crippen LogP contribution in [-0.4, -0.2) is 42.0 Å². The molecule has 0 aromatic rings. The molecule has 1 amide bonds. The van der Waals surface area contributed by atoms with Crippen LogP contribution in [0.15, 0.2) is 0 Å². The van der Waals surface area contributed by atoms with Gasteiger partial charge in [-0.2, -0.15) is 0 Å². The number of carbonyl (C=O) groups excluding carboxylic acids is 1. The number of alkyl halides is 1. The van der Waals surface area contributed by atoms with Gasteiger partial charge in [-0.3, -0.25) is 4.79 Å². The topological polar surface area (TPSA) is 29.5 Å². The first-order valence-corrected chi connectivity index (χ1v) is 7.06. The van der Waals surface area contributed by atoms with Gasteiger partial charge in [0.15, 0.2) is 0 Å². The third kappa shape index (κ3) is 3.14. The fraction of sp³-hybridized carbons (Fsp3) is 0.923. The lowest BCUT2D eigenvalue weighted by Gasteiger charge is -2.34. The van der Waals surface area contributed by atoms with Gasteiger partial charge in [-0.25, -0.2) is 0 Å². The van der Waals surface area contributed by atoms with Crippen molar-refractivity contribution in [1.29, 1.82) is 0 Å². The second-order valence-corrected chi connectivity index (χ2v) is 6.11. The maximum absolute atomic E-state index is 12.2. The highest BCUT2D eigenvalue weighted by Crippen LogP contribution is 2.27. The molecule has 0 saturated carbocycles. The summed E-state index contributed by atoms with van der Waals surface area (Å²) in [5.74, 6) is 0.949. The van der Waals surface area contributed by atoms with E-state index in [1.807, 2.05) is 11.8 Å². The standard InChI is InChI=1S/C13H22ClNO2/c1-9-7-12(8-17-9)13(16)15-5-3-11(4-6-15)10(2)14/h9-12H,3-8H2,1-2H3. The van der Waals surface area contributed by atoms with Crippen LogP contribution in [0.4, 0.5) is 0 Å². The number of amides is 1. The van der Waals surface area contributed by atoms with E-state index in [2.05, 4.69) is 6.92 Å². The highest BCUT2D eigenvalue weighted by Gasteiger charge is 2.33. The number of rotatable bonds is 2. The second-order valence-electron chi connectivity index (χ2n) is 5.42. The molecule has 2 heterocycles. The Morgan fingerprint density at radius 1 is 1.41 bits per heavy atom. The Morgan fingerprint density at radius 3 is 2.53 bits per heavy atom. The van der Waals surface area contributed by atoms with Gasteiger partial charge in [-0.1, -0.05) is 0 Å². The van der Waals surface area contributed by atoms with E-state index in [-0.39, 0.29) is 23.3 Å². The van der Waals surface area contributed by atoms with Crippen LogP contribution in [0.2, 0.25) is 0 Å². The highest BCUT2D eigenvalue weighted by atomic mass is 35.5. The zero-order chi connectivity index (χ0) is 12.4. The van der Waals surface area contributed by atoms with Gasteiger partial charge in [-0.05, 0) is 39.0 Å². The van der Waals surface area contributed by atoms with Crippen LogP contribution in [0.5, 0.6) is 0 Å². The monoisotopic (exact) mass is 259 g/mol. The summed E-state index contributed by atoms with van der Waals surface area (Å²) < 4.78 is 5.47. The SMILES string of the molecule is CC1CC(C(=O)N2CCC(C(C)Cl)CC2)CO1. The van der Waals surface area contributed by atoms with Crippen molar-refractivity contribution in [3.63, 3.8) is 0 Å². The van der Waals surface area contributed by atoms with Crippen molar-refractivity contribution in [2.75, 3.05) is 19.7 Å². The Kier molecular flexibility index (Phi) is 4.31. The summed E-state index contributed by atoms with van der Waals surface area (Å²) in [6, 6.07) is 0. The van der Waals surface area contributed by atoms with E-state index in [9.17, 15) is 4.79 Å².